The van der Waals surface area contributed by atoms with Gasteiger partial charge in [0, 0.05) is 12.8 Å². The zero-order valence-corrected chi connectivity index (χ0v) is 9.98. The lowest BCUT2D eigenvalue weighted by molar-refractivity contribution is 0.149. The molecule has 1 unspecified atom stereocenters. The van der Waals surface area contributed by atoms with E-state index in [2.05, 4.69) is 4.99 Å². The van der Waals surface area contributed by atoms with Crippen LogP contribution in [0, 0.1) is 5.82 Å². The van der Waals surface area contributed by atoms with E-state index in [0.717, 1.165) is 0 Å². The average molecular weight is 237 g/mol. The molecule has 0 radical (unpaired) electrons. The van der Waals surface area contributed by atoms with Crippen molar-refractivity contribution >= 4 is 11.6 Å². The largest absolute Gasteiger partial charge is 0.382 e. The monoisotopic (exact) mass is 237 g/mol. The highest BCUT2D eigenvalue weighted by Crippen LogP contribution is 2.29. The van der Waals surface area contributed by atoms with Gasteiger partial charge in [-0.1, -0.05) is 6.07 Å². The lowest BCUT2D eigenvalue weighted by Crippen LogP contribution is -2.52. The standard InChI is InChI=1S/C12H16FN3O/c1-12(8-17-2)7-15-11(14)16(12)10-5-3-4-9(13)6-10/h3-6H,7-8H2,1-2H3,(H2,14,15). The number of rotatable bonds is 3. The van der Waals surface area contributed by atoms with Crippen LogP contribution in [0.25, 0.3) is 0 Å². The summed E-state index contributed by atoms with van der Waals surface area (Å²) in [7, 11) is 1.63. The molecule has 2 rings (SSSR count). The molecule has 2 N–H and O–H groups in total. The first kappa shape index (κ1) is 11.9. The molecule has 1 aromatic carbocycles. The van der Waals surface area contributed by atoms with E-state index in [1.807, 2.05) is 17.9 Å². The lowest BCUT2D eigenvalue weighted by Gasteiger charge is -2.35. The Morgan fingerprint density at radius 1 is 1.59 bits per heavy atom. The van der Waals surface area contributed by atoms with Crippen LogP contribution in [0.3, 0.4) is 0 Å². The van der Waals surface area contributed by atoms with Gasteiger partial charge in [0.25, 0.3) is 0 Å². The van der Waals surface area contributed by atoms with Crippen molar-refractivity contribution in [3.05, 3.63) is 30.1 Å². The average Bonchev–Trinajstić information content (AvgIpc) is 2.55. The molecule has 0 saturated carbocycles. The van der Waals surface area contributed by atoms with Gasteiger partial charge in [-0.2, -0.15) is 0 Å². The van der Waals surface area contributed by atoms with Crippen molar-refractivity contribution in [2.24, 2.45) is 10.7 Å². The summed E-state index contributed by atoms with van der Waals surface area (Å²) in [5.74, 6) is 0.108. The molecular formula is C12H16FN3O. The van der Waals surface area contributed by atoms with Gasteiger partial charge in [0.1, 0.15) is 5.82 Å². The van der Waals surface area contributed by atoms with Crippen molar-refractivity contribution < 1.29 is 9.13 Å². The summed E-state index contributed by atoms with van der Waals surface area (Å²) in [4.78, 5) is 6.03. The van der Waals surface area contributed by atoms with E-state index in [9.17, 15) is 4.39 Å². The van der Waals surface area contributed by atoms with Crippen molar-refractivity contribution in [3.63, 3.8) is 0 Å². The van der Waals surface area contributed by atoms with Gasteiger partial charge in [-0.3, -0.25) is 4.99 Å². The van der Waals surface area contributed by atoms with E-state index < -0.39 is 0 Å². The fourth-order valence-electron chi connectivity index (χ4n) is 2.15. The van der Waals surface area contributed by atoms with Crippen molar-refractivity contribution in [2.75, 3.05) is 25.2 Å². The molecule has 0 aliphatic carbocycles. The molecule has 0 aromatic heterocycles. The number of nitrogens with two attached hydrogens (primary N) is 1. The summed E-state index contributed by atoms with van der Waals surface area (Å²) >= 11 is 0. The van der Waals surface area contributed by atoms with E-state index in [1.165, 1.54) is 12.1 Å². The van der Waals surface area contributed by atoms with Crippen molar-refractivity contribution in [2.45, 2.75) is 12.5 Å². The van der Waals surface area contributed by atoms with Crippen LogP contribution >= 0.6 is 0 Å². The maximum atomic E-state index is 13.2. The van der Waals surface area contributed by atoms with Crippen LogP contribution in [0.4, 0.5) is 10.1 Å². The summed E-state index contributed by atoms with van der Waals surface area (Å²) in [6, 6.07) is 6.32. The third-order valence-corrected chi connectivity index (χ3v) is 2.87. The summed E-state index contributed by atoms with van der Waals surface area (Å²) in [5.41, 5.74) is 6.21. The second-order valence-electron chi connectivity index (χ2n) is 4.42. The molecule has 1 aromatic rings. The molecule has 0 bridgehead atoms. The van der Waals surface area contributed by atoms with Gasteiger partial charge in [-0.25, -0.2) is 4.39 Å². The minimum Gasteiger partial charge on any atom is -0.382 e. The molecule has 5 heteroatoms. The van der Waals surface area contributed by atoms with E-state index in [0.29, 0.717) is 24.8 Å². The molecule has 0 saturated heterocycles. The second kappa shape index (κ2) is 4.33. The van der Waals surface area contributed by atoms with Gasteiger partial charge in [0.15, 0.2) is 5.96 Å². The number of hydrogen-bond donors (Lipinski definition) is 1. The Morgan fingerprint density at radius 3 is 3.00 bits per heavy atom. The van der Waals surface area contributed by atoms with E-state index in [4.69, 9.17) is 10.5 Å². The lowest BCUT2D eigenvalue weighted by atomic mass is 10.0. The number of nitrogens with zero attached hydrogens (tertiary/aromatic N) is 2. The number of halogens is 1. The number of benzene rings is 1. The molecule has 17 heavy (non-hydrogen) atoms. The fourth-order valence-corrected chi connectivity index (χ4v) is 2.15. The molecule has 0 spiro atoms. The Labute approximate surface area is 99.9 Å². The van der Waals surface area contributed by atoms with Crippen LogP contribution in [-0.4, -0.2) is 31.8 Å². The third-order valence-electron chi connectivity index (χ3n) is 2.87. The number of anilines is 1. The maximum Gasteiger partial charge on any atom is 0.196 e. The van der Waals surface area contributed by atoms with Crippen LogP contribution in [0.1, 0.15) is 6.92 Å². The van der Waals surface area contributed by atoms with Gasteiger partial charge >= 0.3 is 0 Å². The van der Waals surface area contributed by atoms with E-state index >= 15 is 0 Å². The van der Waals surface area contributed by atoms with Gasteiger partial charge in [-0.05, 0) is 25.1 Å². The molecule has 92 valence electrons. The minimum atomic E-state index is -0.355. The molecule has 0 amide bonds. The van der Waals surface area contributed by atoms with Crippen LogP contribution in [0.15, 0.2) is 29.3 Å². The zero-order valence-electron chi connectivity index (χ0n) is 9.98. The highest BCUT2D eigenvalue weighted by molar-refractivity contribution is 5.98. The number of methoxy groups -OCH3 is 1. The minimum absolute atomic E-state index is 0.290. The molecule has 0 fully saturated rings. The summed E-state index contributed by atoms with van der Waals surface area (Å²) in [5, 5.41) is 0. The van der Waals surface area contributed by atoms with Crippen LogP contribution < -0.4 is 10.6 Å². The number of ether oxygens (including phenoxy) is 1. The third kappa shape index (κ3) is 2.10. The molecule has 4 nitrogen and oxygen atoms in total. The number of guanidine groups is 1. The molecule has 1 heterocycles. The summed E-state index contributed by atoms with van der Waals surface area (Å²) in [6.07, 6.45) is 0. The zero-order chi connectivity index (χ0) is 12.5. The Morgan fingerprint density at radius 2 is 2.35 bits per heavy atom. The van der Waals surface area contributed by atoms with Crippen LogP contribution in [0.5, 0.6) is 0 Å². The van der Waals surface area contributed by atoms with Gasteiger partial charge in [0.05, 0.1) is 18.7 Å². The normalized spacial score (nSPS) is 23.9. The Bertz CT molecular complexity index is 449. The van der Waals surface area contributed by atoms with Crippen LogP contribution in [0.2, 0.25) is 0 Å². The summed E-state index contributed by atoms with van der Waals surface area (Å²) < 4.78 is 18.4. The van der Waals surface area contributed by atoms with E-state index in [1.54, 1.807) is 13.2 Å². The number of aliphatic imine (C=N–C) groups is 1. The van der Waals surface area contributed by atoms with Gasteiger partial charge < -0.3 is 15.4 Å². The highest BCUT2D eigenvalue weighted by atomic mass is 19.1. The molecule has 1 aliphatic rings. The smallest absolute Gasteiger partial charge is 0.196 e. The summed E-state index contributed by atoms with van der Waals surface area (Å²) in [6.45, 7) is 3.02. The predicted molar refractivity (Wildman–Crippen MR) is 65.6 cm³/mol. The molecular weight excluding hydrogens is 221 g/mol. The fraction of sp³-hybridized carbons (Fsp3) is 0.417. The quantitative estimate of drug-likeness (QED) is 0.863. The first-order valence-electron chi connectivity index (χ1n) is 5.41. The van der Waals surface area contributed by atoms with Gasteiger partial charge in [-0.15, -0.1) is 0 Å². The molecule has 1 aliphatic heterocycles. The first-order chi connectivity index (χ1) is 8.07. The van der Waals surface area contributed by atoms with Crippen molar-refractivity contribution in [1.29, 1.82) is 0 Å². The van der Waals surface area contributed by atoms with E-state index in [-0.39, 0.29) is 11.4 Å². The topological polar surface area (TPSA) is 50.9 Å². The first-order valence-corrected chi connectivity index (χ1v) is 5.41. The van der Waals surface area contributed by atoms with Crippen LogP contribution in [-0.2, 0) is 4.74 Å². The highest BCUT2D eigenvalue weighted by Gasteiger charge is 2.39. The van der Waals surface area contributed by atoms with Crippen molar-refractivity contribution in [3.8, 4) is 0 Å². The molecule has 1 atom stereocenters. The van der Waals surface area contributed by atoms with Gasteiger partial charge in [0.2, 0.25) is 0 Å². The predicted octanol–water partition coefficient (Wildman–Crippen LogP) is 1.37. The van der Waals surface area contributed by atoms with Crippen molar-refractivity contribution in [1.82, 2.24) is 0 Å². The second-order valence-corrected chi connectivity index (χ2v) is 4.42. The maximum absolute atomic E-state index is 13.2. The Kier molecular flexibility index (Phi) is 3.02. The number of hydrogen-bond acceptors (Lipinski definition) is 4. The Hall–Kier alpha value is -1.62. The SMILES string of the molecule is COCC1(C)CN=C(N)N1c1cccc(F)c1. The Balaban J connectivity index is 2.37.